The van der Waals surface area contributed by atoms with Crippen LogP contribution in [-0.4, -0.2) is 24.8 Å². The lowest BCUT2D eigenvalue weighted by molar-refractivity contribution is -0.907. The molecule has 5 heteroatoms. The van der Waals surface area contributed by atoms with Gasteiger partial charge in [0.1, 0.15) is 12.4 Å². The molecule has 0 bridgehead atoms. The summed E-state index contributed by atoms with van der Waals surface area (Å²) < 4.78 is 12.9. The highest BCUT2D eigenvalue weighted by atomic mass is 19.1. The fourth-order valence-corrected chi connectivity index (χ4v) is 2.37. The molecule has 2 aromatic rings. The summed E-state index contributed by atoms with van der Waals surface area (Å²) in [6.07, 6.45) is 0. The smallest absolute Gasteiger partial charge is 0.282 e. The molecule has 2 aromatic carbocycles. The van der Waals surface area contributed by atoms with E-state index in [1.807, 2.05) is 14.0 Å². The SMILES string of the molecule is CC(=O)c1cccc(NC(=O)[C@H](C)[NH+](C)Cc2ccc(F)cc2)c1. The summed E-state index contributed by atoms with van der Waals surface area (Å²) in [5, 5.41) is 2.84. The predicted molar refractivity (Wildman–Crippen MR) is 91.5 cm³/mol. The van der Waals surface area contributed by atoms with Crippen molar-refractivity contribution in [3.63, 3.8) is 0 Å². The summed E-state index contributed by atoms with van der Waals surface area (Å²) in [4.78, 5) is 24.8. The van der Waals surface area contributed by atoms with Crippen molar-refractivity contribution in [2.45, 2.75) is 26.4 Å². The molecule has 24 heavy (non-hydrogen) atoms. The van der Waals surface area contributed by atoms with Crippen molar-refractivity contribution < 1.29 is 18.9 Å². The number of amides is 1. The number of likely N-dealkylation sites (N-methyl/N-ethyl adjacent to an activating group) is 1. The van der Waals surface area contributed by atoms with Gasteiger partial charge < -0.3 is 10.2 Å². The van der Waals surface area contributed by atoms with Gasteiger partial charge in [-0.3, -0.25) is 9.59 Å². The number of rotatable bonds is 6. The number of carbonyl (C=O) groups excluding carboxylic acids is 2. The monoisotopic (exact) mass is 329 g/mol. The predicted octanol–water partition coefficient (Wildman–Crippen LogP) is 2.07. The molecule has 0 heterocycles. The Morgan fingerprint density at radius 2 is 1.83 bits per heavy atom. The molecule has 0 aromatic heterocycles. The molecule has 0 fully saturated rings. The van der Waals surface area contributed by atoms with Gasteiger partial charge in [0.15, 0.2) is 11.8 Å². The minimum absolute atomic E-state index is 0.0433. The summed E-state index contributed by atoms with van der Waals surface area (Å²) in [6.45, 7) is 3.94. The highest BCUT2D eigenvalue weighted by Crippen LogP contribution is 2.11. The summed E-state index contributed by atoms with van der Waals surface area (Å²) in [7, 11) is 1.92. The van der Waals surface area contributed by atoms with Gasteiger partial charge in [-0.15, -0.1) is 0 Å². The number of quaternary nitrogens is 1. The zero-order valence-corrected chi connectivity index (χ0v) is 14.1. The fraction of sp³-hybridized carbons (Fsp3) is 0.263. The molecule has 4 nitrogen and oxygen atoms in total. The molecule has 0 aliphatic heterocycles. The standard InChI is InChI=1S/C19H21FN2O2/c1-13(22(3)12-15-7-9-17(20)10-8-15)19(24)21-18-6-4-5-16(11-18)14(2)23/h4-11,13H,12H2,1-3H3,(H,21,24)/p+1/t13-/m0/s1. The van der Waals surface area contributed by atoms with Gasteiger partial charge in [0, 0.05) is 16.8 Å². The second kappa shape index (κ2) is 7.84. The lowest BCUT2D eigenvalue weighted by Gasteiger charge is -2.21. The van der Waals surface area contributed by atoms with Gasteiger partial charge in [-0.2, -0.15) is 0 Å². The largest absolute Gasteiger partial charge is 0.324 e. The Hall–Kier alpha value is -2.53. The van der Waals surface area contributed by atoms with Crippen LogP contribution in [0.2, 0.25) is 0 Å². The number of benzene rings is 2. The van der Waals surface area contributed by atoms with E-state index in [0.717, 1.165) is 10.5 Å². The summed E-state index contributed by atoms with van der Waals surface area (Å²) in [5.41, 5.74) is 2.13. The van der Waals surface area contributed by atoms with E-state index in [-0.39, 0.29) is 23.5 Å². The lowest BCUT2D eigenvalue weighted by atomic mass is 10.1. The van der Waals surface area contributed by atoms with Gasteiger partial charge in [0.05, 0.1) is 7.05 Å². The van der Waals surface area contributed by atoms with Gasteiger partial charge in [0.2, 0.25) is 0 Å². The molecule has 0 saturated heterocycles. The molecule has 2 rings (SSSR count). The molecule has 0 aliphatic rings. The van der Waals surface area contributed by atoms with Gasteiger partial charge in [-0.25, -0.2) is 4.39 Å². The highest BCUT2D eigenvalue weighted by Gasteiger charge is 2.22. The summed E-state index contributed by atoms with van der Waals surface area (Å²) >= 11 is 0. The van der Waals surface area contributed by atoms with E-state index < -0.39 is 0 Å². The fourth-order valence-electron chi connectivity index (χ4n) is 2.37. The van der Waals surface area contributed by atoms with E-state index in [0.29, 0.717) is 17.8 Å². The van der Waals surface area contributed by atoms with Gasteiger partial charge >= 0.3 is 0 Å². The van der Waals surface area contributed by atoms with Crippen LogP contribution < -0.4 is 10.2 Å². The van der Waals surface area contributed by atoms with E-state index in [4.69, 9.17) is 0 Å². The maximum absolute atomic E-state index is 12.9. The van der Waals surface area contributed by atoms with Crippen LogP contribution in [0.15, 0.2) is 48.5 Å². The molecule has 0 aliphatic carbocycles. The molecule has 0 spiro atoms. The molecule has 0 radical (unpaired) electrons. The minimum Gasteiger partial charge on any atom is -0.324 e. The minimum atomic E-state index is -0.295. The van der Waals surface area contributed by atoms with Crippen LogP contribution in [0.3, 0.4) is 0 Å². The topological polar surface area (TPSA) is 50.6 Å². The molecule has 2 N–H and O–H groups in total. The van der Waals surface area contributed by atoms with Crippen molar-refractivity contribution in [2.75, 3.05) is 12.4 Å². The van der Waals surface area contributed by atoms with Crippen molar-refractivity contribution in [1.82, 2.24) is 0 Å². The van der Waals surface area contributed by atoms with E-state index in [1.165, 1.54) is 19.1 Å². The zero-order valence-electron chi connectivity index (χ0n) is 14.1. The van der Waals surface area contributed by atoms with Crippen LogP contribution in [0.25, 0.3) is 0 Å². The van der Waals surface area contributed by atoms with Crippen molar-refractivity contribution in [3.8, 4) is 0 Å². The number of hydrogen-bond donors (Lipinski definition) is 2. The van der Waals surface area contributed by atoms with E-state index >= 15 is 0 Å². The molecular formula is C19H22FN2O2+. The summed E-state index contributed by atoms with van der Waals surface area (Å²) in [6, 6.07) is 12.9. The maximum atomic E-state index is 12.9. The maximum Gasteiger partial charge on any atom is 0.282 e. The molecule has 2 atom stereocenters. The average Bonchev–Trinajstić information content (AvgIpc) is 2.56. The quantitative estimate of drug-likeness (QED) is 0.797. The number of anilines is 1. The second-order valence-corrected chi connectivity index (χ2v) is 6.00. The number of ketones is 1. The first kappa shape index (κ1) is 17.8. The Morgan fingerprint density at radius 1 is 1.17 bits per heavy atom. The van der Waals surface area contributed by atoms with E-state index in [2.05, 4.69) is 5.32 Å². The number of hydrogen-bond acceptors (Lipinski definition) is 2. The van der Waals surface area contributed by atoms with Crippen molar-refractivity contribution in [3.05, 3.63) is 65.5 Å². The Bertz CT molecular complexity index is 728. The van der Waals surface area contributed by atoms with Gasteiger partial charge in [0.25, 0.3) is 5.91 Å². The van der Waals surface area contributed by atoms with Crippen molar-refractivity contribution in [2.24, 2.45) is 0 Å². The van der Waals surface area contributed by atoms with E-state index in [9.17, 15) is 14.0 Å². The first-order chi connectivity index (χ1) is 11.4. The highest BCUT2D eigenvalue weighted by molar-refractivity contribution is 5.97. The number of Topliss-reactive ketones (excluding diaryl/α,β-unsaturated/α-hetero) is 1. The molecule has 1 unspecified atom stereocenters. The third-order valence-electron chi connectivity index (χ3n) is 4.07. The van der Waals surface area contributed by atoms with Crippen molar-refractivity contribution in [1.29, 1.82) is 0 Å². The average molecular weight is 329 g/mol. The number of nitrogens with one attached hydrogen (secondary N) is 2. The zero-order chi connectivity index (χ0) is 17.7. The Balaban J connectivity index is 1.99. The first-order valence-electron chi connectivity index (χ1n) is 7.85. The Kier molecular flexibility index (Phi) is 5.82. The third kappa shape index (κ3) is 4.73. The van der Waals surface area contributed by atoms with Crippen LogP contribution >= 0.6 is 0 Å². The van der Waals surface area contributed by atoms with Gasteiger partial charge in [-0.05, 0) is 38.1 Å². The van der Waals surface area contributed by atoms with E-state index in [1.54, 1.807) is 36.4 Å². The Labute approximate surface area is 141 Å². The molecule has 1 amide bonds. The van der Waals surface area contributed by atoms with Crippen LogP contribution in [0, 0.1) is 5.82 Å². The molecular weight excluding hydrogens is 307 g/mol. The normalized spacial score (nSPS) is 13.2. The van der Waals surface area contributed by atoms with Crippen LogP contribution in [-0.2, 0) is 11.3 Å². The summed E-state index contributed by atoms with van der Waals surface area (Å²) in [5.74, 6) is -0.443. The van der Waals surface area contributed by atoms with Crippen LogP contribution in [0.5, 0.6) is 0 Å². The van der Waals surface area contributed by atoms with Crippen molar-refractivity contribution >= 4 is 17.4 Å². The van der Waals surface area contributed by atoms with Gasteiger partial charge in [-0.1, -0.05) is 24.3 Å². The number of carbonyl (C=O) groups is 2. The van der Waals surface area contributed by atoms with Crippen LogP contribution in [0.4, 0.5) is 10.1 Å². The second-order valence-electron chi connectivity index (χ2n) is 6.00. The first-order valence-corrected chi connectivity index (χ1v) is 7.85. The Morgan fingerprint density at radius 3 is 2.46 bits per heavy atom. The lowest BCUT2D eigenvalue weighted by Crippen LogP contribution is -3.12. The van der Waals surface area contributed by atoms with Crippen LogP contribution in [0.1, 0.15) is 29.8 Å². The molecule has 0 saturated carbocycles. The number of halogens is 1. The third-order valence-corrected chi connectivity index (χ3v) is 4.07. The molecule has 126 valence electrons.